The minimum absolute atomic E-state index is 0. The zero-order valence-corrected chi connectivity index (χ0v) is 11.2. The van der Waals surface area contributed by atoms with Gasteiger partial charge in [-0.25, -0.2) is 0 Å². The molecule has 1 N–H and O–H groups in total. The van der Waals surface area contributed by atoms with E-state index in [1.54, 1.807) is 0 Å². The van der Waals surface area contributed by atoms with Gasteiger partial charge in [0.05, 0.1) is 0 Å². The molecule has 0 unspecified atom stereocenters. The minimum Gasteiger partial charge on any atom is -0.381 e. The molecule has 0 aromatic rings. The van der Waals surface area contributed by atoms with Crippen LogP contribution < -0.4 is 5.32 Å². The maximum Gasteiger partial charge on any atom is 0.0469 e. The summed E-state index contributed by atoms with van der Waals surface area (Å²) in [6.07, 6.45) is 3.95. The Balaban J connectivity index is 0.000000640. The normalized spacial score (nSPS) is 34.5. The second kappa shape index (κ2) is 6.41. The molecule has 0 aliphatic carbocycles. The number of hydrogen-bond acceptors (Lipinski definition) is 3. The van der Waals surface area contributed by atoms with Gasteiger partial charge in [0.1, 0.15) is 0 Å². The van der Waals surface area contributed by atoms with Crippen LogP contribution in [-0.4, -0.2) is 49.8 Å². The molecule has 3 aliphatic rings. The molecule has 2 bridgehead atoms. The molecule has 0 spiro atoms. The molecule has 3 nitrogen and oxygen atoms in total. The number of hydrogen-bond donors (Lipinski definition) is 1. The Labute approximate surface area is 110 Å². The first-order valence-corrected chi connectivity index (χ1v) is 5.97. The van der Waals surface area contributed by atoms with Gasteiger partial charge in [-0.05, 0) is 25.2 Å². The van der Waals surface area contributed by atoms with E-state index in [2.05, 4.69) is 10.2 Å². The summed E-state index contributed by atoms with van der Waals surface area (Å²) in [5.74, 6) is 0.906. The van der Waals surface area contributed by atoms with Crippen molar-refractivity contribution in [3.8, 4) is 0 Å². The maximum absolute atomic E-state index is 5.40. The summed E-state index contributed by atoms with van der Waals surface area (Å²) >= 11 is 0. The van der Waals surface area contributed by atoms with E-state index in [1.807, 2.05) is 0 Å². The molecule has 0 radical (unpaired) electrons. The van der Waals surface area contributed by atoms with E-state index in [4.69, 9.17) is 4.74 Å². The van der Waals surface area contributed by atoms with Gasteiger partial charge in [-0.1, -0.05) is 0 Å². The van der Waals surface area contributed by atoms with E-state index >= 15 is 0 Å². The van der Waals surface area contributed by atoms with Crippen molar-refractivity contribution in [2.75, 3.05) is 32.8 Å². The highest BCUT2D eigenvalue weighted by Crippen LogP contribution is 2.26. The van der Waals surface area contributed by atoms with Crippen molar-refractivity contribution in [2.45, 2.75) is 31.3 Å². The number of ether oxygens (including phenoxy) is 1. The second-order valence-electron chi connectivity index (χ2n) is 5.00. The number of rotatable bonds is 2. The Hall–Kier alpha value is 0.460. The van der Waals surface area contributed by atoms with E-state index in [9.17, 15) is 0 Å². The van der Waals surface area contributed by atoms with Crippen molar-refractivity contribution in [2.24, 2.45) is 5.92 Å². The summed E-state index contributed by atoms with van der Waals surface area (Å²) in [5.41, 5.74) is 0. The Bertz CT molecular complexity index is 212. The first-order chi connectivity index (χ1) is 6.92. The molecule has 16 heavy (non-hydrogen) atoms. The fourth-order valence-electron chi connectivity index (χ4n) is 3.13. The number of piperazine rings is 1. The fourth-order valence-corrected chi connectivity index (χ4v) is 3.13. The first-order valence-electron chi connectivity index (χ1n) is 5.97. The van der Waals surface area contributed by atoms with Gasteiger partial charge in [-0.15, -0.1) is 24.8 Å². The molecule has 96 valence electrons. The Morgan fingerprint density at radius 2 is 1.94 bits per heavy atom. The van der Waals surface area contributed by atoms with Crippen LogP contribution in [0, 0.1) is 5.92 Å². The lowest BCUT2D eigenvalue weighted by molar-refractivity contribution is 0.0489. The molecule has 5 heteroatoms. The number of fused-ring (bicyclic) bond motifs is 2. The highest BCUT2D eigenvalue weighted by Gasteiger charge is 2.38. The number of nitrogens with one attached hydrogen (secondary N) is 1. The Morgan fingerprint density at radius 1 is 1.19 bits per heavy atom. The van der Waals surface area contributed by atoms with Crippen LogP contribution in [0.4, 0.5) is 0 Å². The lowest BCUT2D eigenvalue weighted by Crippen LogP contribution is -2.45. The molecule has 2 atom stereocenters. The van der Waals surface area contributed by atoms with Crippen LogP contribution in [-0.2, 0) is 4.74 Å². The van der Waals surface area contributed by atoms with E-state index in [0.717, 1.165) is 31.2 Å². The second-order valence-corrected chi connectivity index (χ2v) is 5.00. The predicted molar refractivity (Wildman–Crippen MR) is 69.8 cm³/mol. The topological polar surface area (TPSA) is 24.5 Å². The van der Waals surface area contributed by atoms with Crippen molar-refractivity contribution < 1.29 is 4.74 Å². The highest BCUT2D eigenvalue weighted by molar-refractivity contribution is 5.85. The lowest BCUT2D eigenvalue weighted by Gasteiger charge is -2.32. The highest BCUT2D eigenvalue weighted by atomic mass is 35.5. The third-order valence-electron chi connectivity index (χ3n) is 4.00. The lowest BCUT2D eigenvalue weighted by atomic mass is 9.99. The van der Waals surface area contributed by atoms with Gasteiger partial charge in [0, 0.05) is 44.9 Å². The van der Waals surface area contributed by atoms with Gasteiger partial charge in [-0.3, -0.25) is 4.90 Å². The summed E-state index contributed by atoms with van der Waals surface area (Å²) in [4.78, 5) is 2.71. The molecule has 0 saturated carbocycles. The number of nitrogens with zero attached hydrogens (tertiary/aromatic N) is 1. The minimum atomic E-state index is 0. The Morgan fingerprint density at radius 3 is 2.50 bits per heavy atom. The Kier molecular flexibility index (Phi) is 5.82. The molecule has 3 aliphatic heterocycles. The first kappa shape index (κ1) is 14.5. The van der Waals surface area contributed by atoms with Crippen LogP contribution in [0.2, 0.25) is 0 Å². The van der Waals surface area contributed by atoms with E-state index in [-0.39, 0.29) is 24.8 Å². The molecule has 3 rings (SSSR count). The predicted octanol–water partition coefficient (Wildman–Crippen LogP) is 1.30. The number of likely N-dealkylation sites (tertiary alicyclic amines) is 1. The average molecular weight is 269 g/mol. The zero-order chi connectivity index (χ0) is 9.38. The third-order valence-corrected chi connectivity index (χ3v) is 4.00. The van der Waals surface area contributed by atoms with Gasteiger partial charge in [0.2, 0.25) is 0 Å². The summed E-state index contributed by atoms with van der Waals surface area (Å²) in [6, 6.07) is 1.66. The summed E-state index contributed by atoms with van der Waals surface area (Å²) in [5, 5.41) is 3.56. The summed E-state index contributed by atoms with van der Waals surface area (Å²) < 4.78 is 5.40. The molecular weight excluding hydrogens is 247 g/mol. The van der Waals surface area contributed by atoms with Crippen molar-refractivity contribution in [1.29, 1.82) is 0 Å². The fraction of sp³-hybridized carbons (Fsp3) is 1.00. The molecular formula is C11H22Cl2N2O. The standard InChI is InChI=1S/C11H20N2O.2ClH/c1-3-14-4-2-9(1)7-13-8-10-5-11(13)6-12-10;;/h9-12H,1-8H2;2*1H/t10-,11-;;/m0../s1. The smallest absolute Gasteiger partial charge is 0.0469 e. The van der Waals surface area contributed by atoms with E-state index < -0.39 is 0 Å². The number of halogens is 2. The van der Waals surface area contributed by atoms with E-state index in [1.165, 1.54) is 38.9 Å². The van der Waals surface area contributed by atoms with Crippen molar-refractivity contribution in [3.63, 3.8) is 0 Å². The van der Waals surface area contributed by atoms with Crippen LogP contribution in [0.3, 0.4) is 0 Å². The molecule has 0 amide bonds. The van der Waals surface area contributed by atoms with Crippen molar-refractivity contribution in [3.05, 3.63) is 0 Å². The maximum atomic E-state index is 5.40. The molecule has 0 aromatic heterocycles. The van der Waals surface area contributed by atoms with Crippen LogP contribution >= 0.6 is 24.8 Å². The molecule has 3 heterocycles. The van der Waals surface area contributed by atoms with Gasteiger partial charge in [-0.2, -0.15) is 0 Å². The van der Waals surface area contributed by atoms with Crippen LogP contribution in [0.15, 0.2) is 0 Å². The van der Waals surface area contributed by atoms with Crippen molar-refractivity contribution in [1.82, 2.24) is 10.2 Å². The van der Waals surface area contributed by atoms with Gasteiger partial charge in [0.25, 0.3) is 0 Å². The summed E-state index contributed by atoms with van der Waals surface area (Å²) in [7, 11) is 0. The van der Waals surface area contributed by atoms with Gasteiger partial charge in [0.15, 0.2) is 0 Å². The van der Waals surface area contributed by atoms with Crippen LogP contribution in [0.25, 0.3) is 0 Å². The molecule has 3 saturated heterocycles. The monoisotopic (exact) mass is 268 g/mol. The van der Waals surface area contributed by atoms with Gasteiger partial charge < -0.3 is 10.1 Å². The molecule has 0 aromatic carbocycles. The zero-order valence-electron chi connectivity index (χ0n) is 9.56. The van der Waals surface area contributed by atoms with Crippen molar-refractivity contribution >= 4 is 24.8 Å². The van der Waals surface area contributed by atoms with E-state index in [0.29, 0.717) is 0 Å². The third kappa shape index (κ3) is 3.02. The van der Waals surface area contributed by atoms with Gasteiger partial charge >= 0.3 is 0 Å². The quantitative estimate of drug-likeness (QED) is 0.818. The van der Waals surface area contributed by atoms with Crippen LogP contribution in [0.1, 0.15) is 19.3 Å². The molecule has 3 fully saturated rings. The average Bonchev–Trinajstić information content (AvgIpc) is 2.81. The largest absolute Gasteiger partial charge is 0.381 e. The SMILES string of the molecule is C1CC(CN2C[C@@H]3C[C@H]2CN3)CCO1.Cl.Cl. The summed E-state index contributed by atoms with van der Waals surface area (Å²) in [6.45, 7) is 5.83. The van der Waals surface area contributed by atoms with Crippen LogP contribution in [0.5, 0.6) is 0 Å².